The molecule has 0 aromatic heterocycles. The maximum atomic E-state index is 13.3. The van der Waals surface area contributed by atoms with E-state index >= 15 is 0 Å². The molecule has 2 aromatic rings. The van der Waals surface area contributed by atoms with Crippen molar-refractivity contribution in [2.75, 3.05) is 26.2 Å². The van der Waals surface area contributed by atoms with Crippen LogP contribution in [0.3, 0.4) is 0 Å². The van der Waals surface area contributed by atoms with Crippen LogP contribution in [-0.4, -0.2) is 49.8 Å². The number of amides is 1. The number of nitrogens with zero attached hydrogens (tertiary/aromatic N) is 2. The topological polar surface area (TPSA) is 66.9 Å². The van der Waals surface area contributed by atoms with E-state index in [1.807, 2.05) is 37.3 Å². The number of likely N-dealkylation sites (tertiary alicyclic amines) is 1. The Balaban J connectivity index is 1.85. The van der Waals surface area contributed by atoms with Crippen molar-refractivity contribution in [2.45, 2.75) is 31.2 Å². The van der Waals surface area contributed by atoms with Gasteiger partial charge in [-0.3, -0.25) is 4.79 Å². The highest BCUT2D eigenvalue weighted by atomic mass is 32.2. The van der Waals surface area contributed by atoms with Crippen LogP contribution in [0.1, 0.15) is 25.3 Å². The SMILES string of the molecule is CCOc1ccc(S(=O)(=O)N(CC(=O)N2CCCC2)Cc2ccccc2)cc1. The maximum Gasteiger partial charge on any atom is 0.243 e. The molecule has 0 radical (unpaired) electrons. The van der Waals surface area contributed by atoms with Gasteiger partial charge < -0.3 is 9.64 Å². The molecular weight excluding hydrogens is 376 g/mol. The molecule has 1 aliphatic rings. The van der Waals surface area contributed by atoms with E-state index in [1.54, 1.807) is 17.0 Å². The van der Waals surface area contributed by atoms with E-state index in [9.17, 15) is 13.2 Å². The van der Waals surface area contributed by atoms with Gasteiger partial charge in [0, 0.05) is 19.6 Å². The number of sulfonamides is 1. The van der Waals surface area contributed by atoms with Crippen molar-refractivity contribution in [2.24, 2.45) is 0 Å². The van der Waals surface area contributed by atoms with Crippen molar-refractivity contribution in [3.05, 3.63) is 60.2 Å². The summed E-state index contributed by atoms with van der Waals surface area (Å²) in [5.41, 5.74) is 0.839. The molecule has 0 unspecified atom stereocenters. The molecular formula is C21H26N2O4S. The number of carbonyl (C=O) groups is 1. The first-order chi connectivity index (χ1) is 13.5. The predicted octanol–water partition coefficient (Wildman–Crippen LogP) is 2.90. The molecule has 1 amide bonds. The summed E-state index contributed by atoms with van der Waals surface area (Å²) in [5.74, 6) is 0.465. The number of benzene rings is 2. The lowest BCUT2D eigenvalue weighted by Gasteiger charge is -2.25. The summed E-state index contributed by atoms with van der Waals surface area (Å²) in [6, 6.07) is 15.7. The van der Waals surface area contributed by atoms with Gasteiger partial charge in [0.05, 0.1) is 18.0 Å². The molecule has 0 spiro atoms. The van der Waals surface area contributed by atoms with Crippen LogP contribution in [0.25, 0.3) is 0 Å². The minimum Gasteiger partial charge on any atom is -0.494 e. The molecule has 1 heterocycles. The summed E-state index contributed by atoms with van der Waals surface area (Å²) in [6.45, 7) is 3.76. The molecule has 28 heavy (non-hydrogen) atoms. The smallest absolute Gasteiger partial charge is 0.243 e. The van der Waals surface area contributed by atoms with Gasteiger partial charge in [-0.25, -0.2) is 8.42 Å². The van der Waals surface area contributed by atoms with E-state index in [0.29, 0.717) is 25.4 Å². The monoisotopic (exact) mass is 402 g/mol. The highest BCUT2D eigenvalue weighted by Crippen LogP contribution is 2.22. The highest BCUT2D eigenvalue weighted by molar-refractivity contribution is 7.89. The lowest BCUT2D eigenvalue weighted by Crippen LogP contribution is -2.41. The Hall–Kier alpha value is -2.38. The van der Waals surface area contributed by atoms with Crippen LogP contribution < -0.4 is 4.74 Å². The molecule has 1 saturated heterocycles. The zero-order chi connectivity index (χ0) is 20.0. The van der Waals surface area contributed by atoms with Crippen molar-refractivity contribution < 1.29 is 17.9 Å². The largest absolute Gasteiger partial charge is 0.494 e. The molecule has 0 saturated carbocycles. The van der Waals surface area contributed by atoms with Crippen molar-refractivity contribution in [1.82, 2.24) is 9.21 Å². The first-order valence-electron chi connectivity index (χ1n) is 9.55. The van der Waals surface area contributed by atoms with Gasteiger partial charge in [0.1, 0.15) is 5.75 Å². The zero-order valence-corrected chi connectivity index (χ0v) is 16.9. The second kappa shape index (κ2) is 9.21. The average Bonchev–Trinajstić information content (AvgIpc) is 3.24. The van der Waals surface area contributed by atoms with E-state index in [2.05, 4.69) is 0 Å². The standard InChI is InChI=1S/C21H26N2O4S/c1-2-27-19-10-12-20(13-11-19)28(25,26)23(16-18-8-4-3-5-9-18)17-21(24)22-14-6-7-15-22/h3-5,8-13H,2,6-7,14-17H2,1H3. The molecule has 3 rings (SSSR count). The highest BCUT2D eigenvalue weighted by Gasteiger charge is 2.29. The van der Waals surface area contributed by atoms with E-state index in [0.717, 1.165) is 18.4 Å². The van der Waals surface area contributed by atoms with Gasteiger partial charge >= 0.3 is 0 Å². The summed E-state index contributed by atoms with van der Waals surface area (Å²) in [4.78, 5) is 14.6. The number of rotatable bonds is 8. The van der Waals surface area contributed by atoms with Gasteiger partial charge in [-0.1, -0.05) is 30.3 Å². The summed E-state index contributed by atoms with van der Waals surface area (Å²) >= 11 is 0. The lowest BCUT2D eigenvalue weighted by atomic mass is 10.2. The summed E-state index contributed by atoms with van der Waals surface area (Å²) < 4.78 is 33.2. The van der Waals surface area contributed by atoms with E-state index in [1.165, 1.54) is 16.4 Å². The third-order valence-corrected chi connectivity index (χ3v) is 6.55. The predicted molar refractivity (Wildman–Crippen MR) is 107 cm³/mol. The van der Waals surface area contributed by atoms with Crippen LogP contribution in [-0.2, 0) is 21.4 Å². The Morgan fingerprint density at radius 2 is 1.68 bits per heavy atom. The Labute approximate surface area is 166 Å². The molecule has 0 N–H and O–H groups in total. The molecule has 7 heteroatoms. The van der Waals surface area contributed by atoms with Crippen molar-refractivity contribution in [3.8, 4) is 5.75 Å². The van der Waals surface area contributed by atoms with Crippen LogP contribution in [0.4, 0.5) is 0 Å². The molecule has 6 nitrogen and oxygen atoms in total. The van der Waals surface area contributed by atoms with Crippen LogP contribution in [0, 0.1) is 0 Å². The quantitative estimate of drug-likeness (QED) is 0.681. The second-order valence-corrected chi connectivity index (χ2v) is 8.69. The Bertz CT molecular complexity index is 876. The molecule has 0 atom stereocenters. The minimum atomic E-state index is -3.83. The third-order valence-electron chi connectivity index (χ3n) is 4.74. The fraction of sp³-hybridized carbons (Fsp3) is 0.381. The van der Waals surface area contributed by atoms with Crippen LogP contribution in [0.2, 0.25) is 0 Å². The van der Waals surface area contributed by atoms with Crippen molar-refractivity contribution in [3.63, 3.8) is 0 Å². The Kier molecular flexibility index (Phi) is 6.70. The molecule has 1 aliphatic heterocycles. The Morgan fingerprint density at radius 3 is 2.29 bits per heavy atom. The molecule has 150 valence electrons. The van der Waals surface area contributed by atoms with Gasteiger partial charge in [0.2, 0.25) is 15.9 Å². The van der Waals surface area contributed by atoms with Gasteiger partial charge in [-0.15, -0.1) is 0 Å². The fourth-order valence-electron chi connectivity index (χ4n) is 3.25. The van der Waals surface area contributed by atoms with E-state index in [4.69, 9.17) is 4.74 Å². The van der Waals surface area contributed by atoms with Crippen molar-refractivity contribution >= 4 is 15.9 Å². The van der Waals surface area contributed by atoms with Gasteiger partial charge in [0.25, 0.3) is 0 Å². The van der Waals surface area contributed by atoms with E-state index < -0.39 is 10.0 Å². The van der Waals surface area contributed by atoms with Gasteiger partial charge in [0.15, 0.2) is 0 Å². The normalized spacial score (nSPS) is 14.4. The first kappa shape index (κ1) is 20.4. The fourth-order valence-corrected chi connectivity index (χ4v) is 4.63. The maximum absolute atomic E-state index is 13.3. The van der Waals surface area contributed by atoms with Crippen LogP contribution in [0.5, 0.6) is 5.75 Å². The summed E-state index contributed by atoms with van der Waals surface area (Å²) in [6.07, 6.45) is 1.94. The minimum absolute atomic E-state index is 0.149. The number of carbonyl (C=O) groups excluding carboxylic acids is 1. The first-order valence-corrected chi connectivity index (χ1v) is 11.0. The number of ether oxygens (including phenoxy) is 1. The number of hydrogen-bond donors (Lipinski definition) is 0. The number of hydrogen-bond acceptors (Lipinski definition) is 4. The van der Waals surface area contributed by atoms with Crippen LogP contribution in [0.15, 0.2) is 59.5 Å². The third kappa shape index (κ3) is 4.91. The molecule has 2 aromatic carbocycles. The second-order valence-electron chi connectivity index (χ2n) is 6.75. The van der Waals surface area contributed by atoms with Crippen LogP contribution >= 0.6 is 0 Å². The molecule has 1 fully saturated rings. The van der Waals surface area contributed by atoms with Crippen molar-refractivity contribution in [1.29, 1.82) is 0 Å². The summed E-state index contributed by atoms with van der Waals surface area (Å²) in [5, 5.41) is 0. The molecule has 0 bridgehead atoms. The lowest BCUT2D eigenvalue weighted by molar-refractivity contribution is -0.130. The zero-order valence-electron chi connectivity index (χ0n) is 16.1. The van der Waals surface area contributed by atoms with Gasteiger partial charge in [-0.05, 0) is 49.6 Å². The van der Waals surface area contributed by atoms with E-state index in [-0.39, 0.29) is 23.9 Å². The average molecular weight is 403 g/mol. The summed E-state index contributed by atoms with van der Waals surface area (Å²) in [7, 11) is -3.83. The Morgan fingerprint density at radius 1 is 1.04 bits per heavy atom. The molecule has 0 aliphatic carbocycles. The van der Waals surface area contributed by atoms with Gasteiger partial charge in [-0.2, -0.15) is 4.31 Å².